The van der Waals surface area contributed by atoms with Crippen molar-refractivity contribution in [1.29, 1.82) is 0 Å². The molecule has 1 aromatic carbocycles. The van der Waals surface area contributed by atoms with Crippen LogP contribution in [-0.2, 0) is 4.79 Å². The van der Waals surface area contributed by atoms with Crippen LogP contribution in [0.4, 0.5) is 11.5 Å². The van der Waals surface area contributed by atoms with Crippen molar-refractivity contribution < 1.29 is 9.72 Å². The minimum atomic E-state index is -0.434. The van der Waals surface area contributed by atoms with Crippen molar-refractivity contribution >= 4 is 17.4 Å². The van der Waals surface area contributed by atoms with Gasteiger partial charge in [-0.05, 0) is 31.9 Å². The lowest BCUT2D eigenvalue weighted by Crippen LogP contribution is -2.30. The van der Waals surface area contributed by atoms with Gasteiger partial charge in [-0.3, -0.25) is 14.9 Å². The molecular weight excluding hydrogens is 334 g/mol. The number of hydrogen-bond donors (Lipinski definition) is 1. The quantitative estimate of drug-likeness (QED) is 0.655. The molecule has 2 fully saturated rings. The first-order valence-corrected chi connectivity index (χ1v) is 8.66. The standard InChI is InChI=1S/C18H19N5O3/c1-11-8-16(20-13-9-17(24)22(10-13)14-6-7-14)21-18(19-11)12-2-4-15(5-3-12)23(25)26/h2-5,8,13-14H,6-7,9-10H2,1H3,(H,19,20,21). The van der Waals surface area contributed by atoms with Crippen LogP contribution in [0.5, 0.6) is 0 Å². The second-order valence-electron chi connectivity index (χ2n) is 6.84. The molecular formula is C18H19N5O3. The van der Waals surface area contributed by atoms with E-state index in [-0.39, 0.29) is 17.6 Å². The molecule has 2 aromatic rings. The molecule has 4 rings (SSSR count). The zero-order chi connectivity index (χ0) is 18.3. The van der Waals surface area contributed by atoms with Gasteiger partial charge in [-0.25, -0.2) is 9.97 Å². The number of rotatable bonds is 5. The van der Waals surface area contributed by atoms with E-state index in [1.165, 1.54) is 12.1 Å². The minimum Gasteiger partial charge on any atom is -0.365 e. The molecule has 8 heteroatoms. The number of nitrogens with one attached hydrogen (secondary N) is 1. The lowest BCUT2D eigenvalue weighted by atomic mass is 10.2. The first-order chi connectivity index (χ1) is 12.5. The molecule has 134 valence electrons. The molecule has 2 aliphatic rings. The van der Waals surface area contributed by atoms with Crippen molar-refractivity contribution in [3.63, 3.8) is 0 Å². The van der Waals surface area contributed by atoms with Crippen molar-refractivity contribution in [3.8, 4) is 11.4 Å². The SMILES string of the molecule is Cc1cc(NC2CC(=O)N(C3CC3)C2)nc(-c2ccc([N+](=O)[O-])cc2)n1. The molecule has 1 unspecified atom stereocenters. The second-order valence-corrected chi connectivity index (χ2v) is 6.84. The number of amides is 1. The second kappa shape index (κ2) is 6.36. The summed E-state index contributed by atoms with van der Waals surface area (Å²) in [5.74, 6) is 1.37. The number of aryl methyl sites for hydroxylation is 1. The summed E-state index contributed by atoms with van der Waals surface area (Å²) < 4.78 is 0. The highest BCUT2D eigenvalue weighted by Gasteiger charge is 2.39. The lowest BCUT2D eigenvalue weighted by molar-refractivity contribution is -0.384. The summed E-state index contributed by atoms with van der Waals surface area (Å²) in [4.78, 5) is 33.4. The normalized spacial score (nSPS) is 19.7. The van der Waals surface area contributed by atoms with Crippen LogP contribution in [-0.4, -0.2) is 44.3 Å². The Labute approximate surface area is 150 Å². The molecule has 2 heterocycles. The first-order valence-electron chi connectivity index (χ1n) is 8.66. The molecule has 26 heavy (non-hydrogen) atoms. The molecule has 1 aliphatic carbocycles. The number of nitro benzene ring substituents is 1. The highest BCUT2D eigenvalue weighted by molar-refractivity contribution is 5.80. The van der Waals surface area contributed by atoms with E-state index in [0.717, 1.165) is 18.5 Å². The summed E-state index contributed by atoms with van der Waals surface area (Å²) in [5, 5.41) is 14.1. The van der Waals surface area contributed by atoms with Gasteiger partial charge in [0.15, 0.2) is 5.82 Å². The smallest absolute Gasteiger partial charge is 0.269 e. The maximum Gasteiger partial charge on any atom is 0.269 e. The zero-order valence-electron chi connectivity index (χ0n) is 14.4. The number of nitrogens with zero attached hydrogens (tertiary/aromatic N) is 4. The van der Waals surface area contributed by atoms with Crippen LogP contribution in [0, 0.1) is 17.0 Å². The average molecular weight is 353 g/mol. The monoisotopic (exact) mass is 353 g/mol. The highest BCUT2D eigenvalue weighted by atomic mass is 16.6. The third kappa shape index (κ3) is 3.35. The predicted molar refractivity (Wildman–Crippen MR) is 95.6 cm³/mol. The zero-order valence-corrected chi connectivity index (χ0v) is 14.4. The van der Waals surface area contributed by atoms with E-state index in [4.69, 9.17) is 0 Å². The maximum absolute atomic E-state index is 12.1. The fourth-order valence-electron chi connectivity index (χ4n) is 3.28. The van der Waals surface area contributed by atoms with Crippen molar-refractivity contribution in [1.82, 2.24) is 14.9 Å². The molecule has 1 amide bonds. The number of nitro groups is 1. The van der Waals surface area contributed by atoms with E-state index in [2.05, 4.69) is 15.3 Å². The fourth-order valence-corrected chi connectivity index (χ4v) is 3.28. The van der Waals surface area contributed by atoms with Crippen LogP contribution < -0.4 is 5.32 Å². The van der Waals surface area contributed by atoms with Gasteiger partial charge in [0, 0.05) is 48.5 Å². The molecule has 1 atom stereocenters. The first kappa shape index (κ1) is 16.4. The summed E-state index contributed by atoms with van der Waals surface area (Å²) in [6.07, 6.45) is 2.69. The highest BCUT2D eigenvalue weighted by Crippen LogP contribution is 2.31. The van der Waals surface area contributed by atoms with Gasteiger partial charge in [0.25, 0.3) is 5.69 Å². The van der Waals surface area contributed by atoms with E-state index in [1.807, 2.05) is 17.9 Å². The Kier molecular flexibility index (Phi) is 4.02. The van der Waals surface area contributed by atoms with Crippen LogP contribution >= 0.6 is 0 Å². The molecule has 0 spiro atoms. The Balaban J connectivity index is 1.52. The van der Waals surface area contributed by atoms with Gasteiger partial charge < -0.3 is 10.2 Å². The van der Waals surface area contributed by atoms with E-state index >= 15 is 0 Å². The summed E-state index contributed by atoms with van der Waals surface area (Å²) in [6, 6.07) is 8.49. The third-order valence-corrected chi connectivity index (χ3v) is 4.69. The summed E-state index contributed by atoms with van der Waals surface area (Å²) in [5.41, 5.74) is 1.54. The van der Waals surface area contributed by atoms with Crippen LogP contribution in [0.25, 0.3) is 11.4 Å². The summed E-state index contributed by atoms with van der Waals surface area (Å²) >= 11 is 0. The average Bonchev–Trinajstić information content (AvgIpc) is 3.38. The molecule has 1 saturated heterocycles. The Morgan fingerprint density at radius 3 is 2.62 bits per heavy atom. The van der Waals surface area contributed by atoms with E-state index in [0.29, 0.717) is 36.2 Å². The number of likely N-dealkylation sites (tertiary alicyclic amines) is 1. The minimum absolute atomic E-state index is 0.0318. The topological polar surface area (TPSA) is 101 Å². The molecule has 1 aliphatic heterocycles. The number of non-ortho nitro benzene ring substituents is 1. The summed E-state index contributed by atoms with van der Waals surface area (Å²) in [6.45, 7) is 2.58. The number of carbonyl (C=O) groups excluding carboxylic acids is 1. The lowest BCUT2D eigenvalue weighted by Gasteiger charge is -2.17. The molecule has 0 bridgehead atoms. The molecule has 0 radical (unpaired) electrons. The summed E-state index contributed by atoms with van der Waals surface area (Å²) in [7, 11) is 0. The van der Waals surface area contributed by atoms with Crippen molar-refractivity contribution in [2.45, 2.75) is 38.3 Å². The predicted octanol–water partition coefficient (Wildman–Crippen LogP) is 2.54. The number of benzene rings is 1. The van der Waals surface area contributed by atoms with Crippen LogP contribution in [0.15, 0.2) is 30.3 Å². The number of hydrogen-bond acceptors (Lipinski definition) is 6. The number of carbonyl (C=O) groups is 1. The van der Waals surface area contributed by atoms with Gasteiger partial charge in [0.05, 0.1) is 11.0 Å². The van der Waals surface area contributed by atoms with Gasteiger partial charge >= 0.3 is 0 Å². The Morgan fingerprint density at radius 1 is 1.23 bits per heavy atom. The maximum atomic E-state index is 12.1. The van der Waals surface area contributed by atoms with Crippen LogP contribution in [0.1, 0.15) is 25.0 Å². The van der Waals surface area contributed by atoms with Crippen molar-refractivity contribution in [2.75, 3.05) is 11.9 Å². The van der Waals surface area contributed by atoms with Crippen LogP contribution in [0.2, 0.25) is 0 Å². The molecule has 1 saturated carbocycles. The largest absolute Gasteiger partial charge is 0.365 e. The molecule has 8 nitrogen and oxygen atoms in total. The third-order valence-electron chi connectivity index (χ3n) is 4.69. The van der Waals surface area contributed by atoms with E-state index in [9.17, 15) is 14.9 Å². The van der Waals surface area contributed by atoms with Crippen molar-refractivity contribution in [2.24, 2.45) is 0 Å². The number of anilines is 1. The Morgan fingerprint density at radius 2 is 1.96 bits per heavy atom. The van der Waals surface area contributed by atoms with E-state index in [1.54, 1.807) is 12.1 Å². The van der Waals surface area contributed by atoms with Gasteiger partial charge in [-0.15, -0.1) is 0 Å². The Hall–Kier alpha value is -3.03. The van der Waals surface area contributed by atoms with E-state index < -0.39 is 4.92 Å². The fraction of sp³-hybridized carbons (Fsp3) is 0.389. The van der Waals surface area contributed by atoms with Crippen molar-refractivity contribution in [3.05, 3.63) is 46.1 Å². The van der Waals surface area contributed by atoms with Crippen LogP contribution in [0.3, 0.4) is 0 Å². The molecule has 1 N–H and O–H groups in total. The van der Waals surface area contributed by atoms with Gasteiger partial charge in [0.2, 0.25) is 5.91 Å². The molecule has 1 aromatic heterocycles. The van der Waals surface area contributed by atoms with Gasteiger partial charge in [-0.2, -0.15) is 0 Å². The number of aromatic nitrogens is 2. The van der Waals surface area contributed by atoms with Gasteiger partial charge in [0.1, 0.15) is 5.82 Å². The Bertz CT molecular complexity index is 864. The van der Waals surface area contributed by atoms with Gasteiger partial charge in [-0.1, -0.05) is 0 Å².